The Morgan fingerprint density at radius 3 is 2.48 bits per heavy atom. The second kappa shape index (κ2) is 9.58. The molecule has 6 nitrogen and oxygen atoms in total. The molecule has 1 amide bonds. The maximum absolute atomic E-state index is 13.1. The van der Waals surface area contributed by atoms with Gasteiger partial charge in [-0.2, -0.15) is 5.26 Å². The molecule has 2 aliphatic rings. The summed E-state index contributed by atoms with van der Waals surface area (Å²) in [5.74, 6) is 1.66. The van der Waals surface area contributed by atoms with Gasteiger partial charge in [0.1, 0.15) is 21.8 Å². The Bertz CT molecular complexity index is 1030. The van der Waals surface area contributed by atoms with Gasteiger partial charge in [-0.1, -0.05) is 44.8 Å². The molecule has 0 radical (unpaired) electrons. The number of hydrogen-bond acceptors (Lipinski definition) is 6. The highest BCUT2D eigenvalue weighted by Crippen LogP contribution is 2.37. The zero-order chi connectivity index (χ0) is 22.9. The van der Waals surface area contributed by atoms with Crippen LogP contribution in [0.15, 0.2) is 9.70 Å². The minimum Gasteiger partial charge on any atom is -0.357 e. The van der Waals surface area contributed by atoms with Gasteiger partial charge in [0.2, 0.25) is 0 Å². The Kier molecular flexibility index (Phi) is 7.28. The van der Waals surface area contributed by atoms with Crippen LogP contribution < -0.4 is 10.5 Å². The van der Waals surface area contributed by atoms with Crippen LogP contribution in [0.4, 0.5) is 5.82 Å². The summed E-state index contributed by atoms with van der Waals surface area (Å²) < 4.78 is 2.24. The minimum atomic E-state index is -0.263. The molecule has 1 aromatic heterocycles. The molecular formula is C23H30N4O2S2. The number of amides is 1. The lowest BCUT2D eigenvalue weighted by Crippen LogP contribution is -2.39. The number of thiocarbonyl (C=S) groups is 1. The standard InChI is InChI=1S/C23H30N4O2S2/c1-6-26-20(25-9-7-15(4)8-10-25)17(16(5)18(12-24)21(26)28)11-19-22(29)27(13-14(2)3)23(30)31-19/h11,14-15H,6-10,13H2,1-5H3. The number of nitriles is 1. The van der Waals surface area contributed by atoms with Crippen LogP contribution in [-0.2, 0) is 11.3 Å². The van der Waals surface area contributed by atoms with Crippen molar-refractivity contribution in [2.24, 2.45) is 11.8 Å². The fraction of sp³-hybridized carbons (Fsp3) is 0.565. The lowest BCUT2D eigenvalue weighted by Gasteiger charge is -2.35. The number of nitrogens with zero attached hydrogens (tertiary/aromatic N) is 4. The average Bonchev–Trinajstić information content (AvgIpc) is 2.98. The Morgan fingerprint density at radius 2 is 1.94 bits per heavy atom. The molecule has 31 heavy (non-hydrogen) atoms. The van der Waals surface area contributed by atoms with Crippen LogP contribution in [0.3, 0.4) is 0 Å². The Morgan fingerprint density at radius 1 is 1.29 bits per heavy atom. The molecule has 2 aliphatic heterocycles. The smallest absolute Gasteiger partial charge is 0.270 e. The number of carbonyl (C=O) groups excluding carboxylic acids is 1. The van der Waals surface area contributed by atoms with Gasteiger partial charge < -0.3 is 4.90 Å². The normalized spacial score (nSPS) is 19.1. The SMILES string of the molecule is CCn1c(N2CCC(C)CC2)c(C=C2SC(=S)N(CC(C)C)C2=O)c(C)c(C#N)c1=O. The lowest BCUT2D eigenvalue weighted by atomic mass is 9.97. The van der Waals surface area contributed by atoms with Crippen molar-refractivity contribution in [1.82, 2.24) is 9.47 Å². The summed E-state index contributed by atoms with van der Waals surface area (Å²) in [7, 11) is 0. The molecule has 0 atom stereocenters. The molecule has 0 saturated carbocycles. The van der Waals surface area contributed by atoms with Crippen molar-refractivity contribution < 1.29 is 4.79 Å². The van der Waals surface area contributed by atoms with Gasteiger partial charge in [0.05, 0.1) is 4.91 Å². The van der Waals surface area contributed by atoms with Crippen molar-refractivity contribution in [3.63, 3.8) is 0 Å². The zero-order valence-corrected chi connectivity index (χ0v) is 20.5. The van der Waals surface area contributed by atoms with Crippen molar-refractivity contribution in [3.8, 4) is 6.07 Å². The second-order valence-corrected chi connectivity index (χ2v) is 10.4. The van der Waals surface area contributed by atoms with Crippen molar-refractivity contribution in [2.45, 2.75) is 54.0 Å². The molecule has 0 spiro atoms. The molecule has 3 heterocycles. The molecular weight excluding hydrogens is 428 g/mol. The summed E-state index contributed by atoms with van der Waals surface area (Å²) in [5, 5.41) is 9.68. The third-order valence-electron chi connectivity index (χ3n) is 5.94. The summed E-state index contributed by atoms with van der Waals surface area (Å²) >= 11 is 6.75. The number of aromatic nitrogens is 1. The number of pyridine rings is 1. The van der Waals surface area contributed by atoms with Crippen molar-refractivity contribution in [1.29, 1.82) is 5.26 Å². The highest BCUT2D eigenvalue weighted by Gasteiger charge is 2.33. The van der Waals surface area contributed by atoms with Crippen LogP contribution in [0.25, 0.3) is 6.08 Å². The molecule has 0 aromatic carbocycles. The molecule has 0 unspecified atom stereocenters. The summed E-state index contributed by atoms with van der Waals surface area (Å²) in [6.45, 7) is 12.8. The van der Waals surface area contributed by atoms with Gasteiger partial charge in [-0.3, -0.25) is 19.1 Å². The highest BCUT2D eigenvalue weighted by atomic mass is 32.2. The van der Waals surface area contributed by atoms with Gasteiger partial charge >= 0.3 is 0 Å². The van der Waals surface area contributed by atoms with Crippen LogP contribution in [0.5, 0.6) is 0 Å². The number of piperidine rings is 1. The van der Waals surface area contributed by atoms with E-state index in [1.807, 2.05) is 13.0 Å². The molecule has 2 saturated heterocycles. The summed E-state index contributed by atoms with van der Waals surface area (Å²) in [6, 6.07) is 2.09. The van der Waals surface area contributed by atoms with Crippen LogP contribution >= 0.6 is 24.0 Å². The first-order chi connectivity index (χ1) is 14.7. The van der Waals surface area contributed by atoms with E-state index < -0.39 is 0 Å². The monoisotopic (exact) mass is 458 g/mol. The minimum absolute atomic E-state index is 0.103. The maximum Gasteiger partial charge on any atom is 0.270 e. The van der Waals surface area contributed by atoms with E-state index in [1.54, 1.807) is 16.4 Å². The van der Waals surface area contributed by atoms with Gasteiger partial charge in [-0.15, -0.1) is 0 Å². The topological polar surface area (TPSA) is 69.3 Å². The first-order valence-corrected chi connectivity index (χ1v) is 12.1. The van der Waals surface area contributed by atoms with E-state index in [9.17, 15) is 14.9 Å². The molecule has 0 N–H and O–H groups in total. The molecule has 0 aliphatic carbocycles. The quantitative estimate of drug-likeness (QED) is 0.488. The van der Waals surface area contributed by atoms with E-state index in [0.717, 1.165) is 37.3 Å². The first kappa shape index (κ1) is 23.6. The number of anilines is 1. The van der Waals surface area contributed by atoms with Gasteiger partial charge in [0.25, 0.3) is 11.5 Å². The predicted octanol–water partition coefficient (Wildman–Crippen LogP) is 4.14. The Balaban J connectivity index is 2.18. The number of rotatable bonds is 5. The van der Waals surface area contributed by atoms with Crippen LogP contribution in [0, 0.1) is 30.1 Å². The van der Waals surface area contributed by atoms with E-state index in [0.29, 0.717) is 39.7 Å². The molecule has 8 heteroatoms. The number of thioether (sulfide) groups is 1. The number of carbonyl (C=O) groups is 1. The maximum atomic E-state index is 13.1. The van der Waals surface area contributed by atoms with Crippen LogP contribution in [-0.4, -0.2) is 39.3 Å². The molecule has 166 valence electrons. The fourth-order valence-corrected chi connectivity index (χ4v) is 5.41. The Hall–Kier alpha value is -2.11. The summed E-state index contributed by atoms with van der Waals surface area (Å²) in [4.78, 5) is 30.6. The van der Waals surface area contributed by atoms with E-state index in [2.05, 4.69) is 31.7 Å². The van der Waals surface area contributed by atoms with E-state index in [-0.39, 0.29) is 17.0 Å². The lowest BCUT2D eigenvalue weighted by molar-refractivity contribution is -0.122. The van der Waals surface area contributed by atoms with E-state index in [4.69, 9.17) is 12.2 Å². The largest absolute Gasteiger partial charge is 0.357 e. The number of hydrogen-bond donors (Lipinski definition) is 0. The molecule has 3 rings (SSSR count). The van der Waals surface area contributed by atoms with E-state index >= 15 is 0 Å². The van der Waals surface area contributed by atoms with Crippen molar-refractivity contribution in [3.05, 3.63) is 31.9 Å². The fourth-order valence-electron chi connectivity index (χ4n) is 4.15. The summed E-state index contributed by atoms with van der Waals surface area (Å²) in [6.07, 6.45) is 3.94. The van der Waals surface area contributed by atoms with E-state index in [1.165, 1.54) is 11.8 Å². The van der Waals surface area contributed by atoms with Crippen molar-refractivity contribution >= 4 is 46.1 Å². The van der Waals surface area contributed by atoms with Crippen LogP contribution in [0.2, 0.25) is 0 Å². The Labute approximate surface area is 193 Å². The zero-order valence-electron chi connectivity index (χ0n) is 18.9. The van der Waals surface area contributed by atoms with Gasteiger partial charge in [0.15, 0.2) is 0 Å². The highest BCUT2D eigenvalue weighted by molar-refractivity contribution is 8.26. The molecule has 2 fully saturated rings. The third-order valence-corrected chi connectivity index (χ3v) is 7.32. The first-order valence-electron chi connectivity index (χ1n) is 10.9. The van der Waals surface area contributed by atoms with Crippen molar-refractivity contribution in [2.75, 3.05) is 24.5 Å². The second-order valence-electron chi connectivity index (χ2n) is 8.75. The van der Waals surface area contributed by atoms with Gasteiger partial charge in [-0.05, 0) is 50.2 Å². The molecule has 1 aromatic rings. The summed E-state index contributed by atoms with van der Waals surface area (Å²) in [5.41, 5.74) is 1.28. The average molecular weight is 459 g/mol. The van der Waals surface area contributed by atoms with Crippen LogP contribution in [0.1, 0.15) is 57.2 Å². The molecule has 0 bridgehead atoms. The van der Waals surface area contributed by atoms with Gasteiger partial charge in [-0.25, -0.2) is 0 Å². The third kappa shape index (κ3) is 4.58. The van der Waals surface area contributed by atoms with Gasteiger partial charge in [0, 0.05) is 31.7 Å². The predicted molar refractivity (Wildman–Crippen MR) is 131 cm³/mol.